The number of hydrogen-bond donors (Lipinski definition) is 1. The number of halogens is 2. The number of rotatable bonds is 3. The van der Waals surface area contributed by atoms with Crippen molar-refractivity contribution in [3.8, 4) is 0 Å². The maximum Gasteiger partial charge on any atom is 0.188 e. The summed E-state index contributed by atoms with van der Waals surface area (Å²) in [5.41, 5.74) is 3.55. The topological polar surface area (TPSA) is 40.5 Å². The van der Waals surface area contributed by atoms with Gasteiger partial charge in [0.05, 0.1) is 0 Å². The van der Waals surface area contributed by atoms with Gasteiger partial charge in [0.2, 0.25) is 0 Å². The highest BCUT2D eigenvalue weighted by Gasteiger charge is 2.29. The second-order valence-electron chi connectivity index (χ2n) is 5.87. The van der Waals surface area contributed by atoms with Gasteiger partial charge < -0.3 is 10.0 Å². The van der Waals surface area contributed by atoms with E-state index in [1.807, 2.05) is 31.3 Å². The number of aliphatic hydroxyl groups excluding tert-OH is 1. The Hall–Kier alpha value is -1.39. The van der Waals surface area contributed by atoms with E-state index >= 15 is 0 Å². The summed E-state index contributed by atoms with van der Waals surface area (Å²) in [6.07, 6.45) is 0. The van der Waals surface area contributed by atoms with Crippen molar-refractivity contribution in [2.75, 3.05) is 20.2 Å². The molecule has 0 aromatic heterocycles. The van der Waals surface area contributed by atoms with Crippen molar-refractivity contribution < 1.29 is 9.90 Å². The smallest absolute Gasteiger partial charge is 0.188 e. The molecule has 0 saturated carbocycles. The van der Waals surface area contributed by atoms with Crippen LogP contribution >= 0.6 is 23.2 Å². The fourth-order valence-corrected chi connectivity index (χ4v) is 3.82. The molecule has 1 aliphatic heterocycles. The molecule has 23 heavy (non-hydrogen) atoms. The van der Waals surface area contributed by atoms with Crippen molar-refractivity contribution in [2.45, 2.75) is 12.5 Å². The van der Waals surface area contributed by atoms with Crippen molar-refractivity contribution in [2.24, 2.45) is 0 Å². The number of hydrogen-bond acceptors (Lipinski definition) is 3. The molecule has 0 fully saturated rings. The molecule has 1 aliphatic rings. The van der Waals surface area contributed by atoms with E-state index in [0.29, 0.717) is 15.6 Å². The van der Waals surface area contributed by atoms with Crippen molar-refractivity contribution in [3.63, 3.8) is 0 Å². The molecular formula is C18H17Cl2NO2. The van der Waals surface area contributed by atoms with Gasteiger partial charge in [-0.15, -0.1) is 0 Å². The summed E-state index contributed by atoms with van der Waals surface area (Å²) in [4.78, 5) is 14.3. The van der Waals surface area contributed by atoms with Gasteiger partial charge in [-0.2, -0.15) is 0 Å². The van der Waals surface area contributed by atoms with Gasteiger partial charge in [0.15, 0.2) is 5.78 Å². The average molecular weight is 350 g/mol. The molecule has 120 valence electrons. The van der Waals surface area contributed by atoms with E-state index in [4.69, 9.17) is 23.2 Å². The molecule has 0 radical (unpaired) electrons. The van der Waals surface area contributed by atoms with E-state index in [2.05, 4.69) is 4.90 Å². The van der Waals surface area contributed by atoms with Crippen LogP contribution in [0.25, 0.3) is 0 Å². The molecule has 0 spiro atoms. The fraction of sp³-hybridized carbons (Fsp3) is 0.278. The lowest BCUT2D eigenvalue weighted by Crippen LogP contribution is -2.32. The Morgan fingerprint density at radius 1 is 1.26 bits per heavy atom. The Balaban J connectivity index is 2.18. The van der Waals surface area contributed by atoms with Crippen LogP contribution < -0.4 is 0 Å². The maximum atomic E-state index is 12.1. The first-order valence-corrected chi connectivity index (χ1v) is 8.16. The van der Waals surface area contributed by atoms with E-state index < -0.39 is 6.61 Å². The minimum Gasteiger partial charge on any atom is -0.388 e. The van der Waals surface area contributed by atoms with Crippen LogP contribution in [-0.4, -0.2) is 36.0 Å². The predicted molar refractivity (Wildman–Crippen MR) is 92.5 cm³/mol. The number of fused-ring (bicyclic) bond motifs is 1. The molecule has 2 aromatic carbocycles. The third-order valence-electron chi connectivity index (χ3n) is 4.27. The largest absolute Gasteiger partial charge is 0.388 e. The van der Waals surface area contributed by atoms with Crippen LogP contribution in [0.2, 0.25) is 10.0 Å². The van der Waals surface area contributed by atoms with E-state index in [9.17, 15) is 9.90 Å². The number of carbonyl (C=O) groups excluding carboxylic acids is 1. The number of aliphatic hydroxyl groups is 1. The van der Waals surface area contributed by atoms with Gasteiger partial charge in [-0.05, 0) is 35.9 Å². The van der Waals surface area contributed by atoms with Crippen LogP contribution in [-0.2, 0) is 6.54 Å². The lowest BCUT2D eigenvalue weighted by molar-refractivity contribution is 0.0902. The molecule has 1 N–H and O–H groups in total. The van der Waals surface area contributed by atoms with Crippen LogP contribution in [0.15, 0.2) is 36.4 Å². The molecule has 0 saturated heterocycles. The van der Waals surface area contributed by atoms with Gasteiger partial charge in [0.1, 0.15) is 6.61 Å². The van der Waals surface area contributed by atoms with Gasteiger partial charge in [-0.25, -0.2) is 0 Å². The van der Waals surface area contributed by atoms with Crippen molar-refractivity contribution >= 4 is 29.0 Å². The summed E-state index contributed by atoms with van der Waals surface area (Å²) in [6, 6.07) is 11.1. The molecule has 1 atom stereocenters. The summed E-state index contributed by atoms with van der Waals surface area (Å²) in [6.45, 7) is 1.01. The Morgan fingerprint density at radius 2 is 2.00 bits per heavy atom. The standard InChI is InChI=1S/C18H17Cl2NO2/c1-21-8-15(12-4-2-3-5-13(12)18(23)10-22)14-6-11(19)7-17(20)16(14)9-21/h2-7,15,22H,8-10H2,1H3. The summed E-state index contributed by atoms with van der Waals surface area (Å²) >= 11 is 12.6. The molecule has 3 rings (SSSR count). The zero-order chi connectivity index (χ0) is 16.6. The number of carbonyl (C=O) groups is 1. The Morgan fingerprint density at radius 3 is 2.74 bits per heavy atom. The number of ketones is 1. The highest BCUT2D eigenvalue weighted by Crippen LogP contribution is 2.39. The third-order valence-corrected chi connectivity index (χ3v) is 4.83. The van der Waals surface area contributed by atoms with Gasteiger partial charge >= 0.3 is 0 Å². The van der Waals surface area contributed by atoms with Gasteiger partial charge in [0.25, 0.3) is 0 Å². The van der Waals surface area contributed by atoms with Crippen molar-refractivity contribution in [3.05, 3.63) is 68.7 Å². The predicted octanol–water partition coefficient (Wildman–Crippen LogP) is 3.75. The number of Topliss-reactive ketones (excluding diaryl/α,β-unsaturated/α-hetero) is 1. The van der Waals surface area contributed by atoms with Crippen LogP contribution in [0.1, 0.15) is 33.0 Å². The normalized spacial score (nSPS) is 17.8. The van der Waals surface area contributed by atoms with E-state index in [0.717, 1.165) is 29.8 Å². The molecule has 1 unspecified atom stereocenters. The van der Waals surface area contributed by atoms with Crippen molar-refractivity contribution in [1.29, 1.82) is 0 Å². The first-order chi connectivity index (χ1) is 11.0. The molecule has 2 aromatic rings. The zero-order valence-corrected chi connectivity index (χ0v) is 14.2. The monoisotopic (exact) mass is 349 g/mol. The highest BCUT2D eigenvalue weighted by atomic mass is 35.5. The minimum absolute atomic E-state index is 0.00773. The lowest BCUT2D eigenvalue weighted by atomic mass is 9.82. The summed E-state index contributed by atoms with van der Waals surface area (Å²) in [5.74, 6) is -0.282. The molecule has 3 nitrogen and oxygen atoms in total. The van der Waals surface area contributed by atoms with Crippen molar-refractivity contribution in [1.82, 2.24) is 4.90 Å². The minimum atomic E-state index is -0.497. The summed E-state index contributed by atoms with van der Waals surface area (Å²) < 4.78 is 0. The molecule has 1 heterocycles. The van der Waals surface area contributed by atoms with Gasteiger partial charge in [-0.1, -0.05) is 47.5 Å². The zero-order valence-electron chi connectivity index (χ0n) is 12.7. The molecular weight excluding hydrogens is 333 g/mol. The van der Waals surface area contributed by atoms with E-state index in [1.54, 1.807) is 12.1 Å². The molecule has 0 amide bonds. The number of nitrogens with zero attached hydrogens (tertiary/aromatic N) is 1. The van der Waals surface area contributed by atoms with Crippen LogP contribution in [0.4, 0.5) is 0 Å². The molecule has 0 aliphatic carbocycles. The van der Waals surface area contributed by atoms with Crippen LogP contribution in [0, 0.1) is 0 Å². The number of benzene rings is 2. The maximum absolute atomic E-state index is 12.1. The second-order valence-corrected chi connectivity index (χ2v) is 6.72. The molecule has 0 bridgehead atoms. The number of likely N-dealkylation sites (N-methyl/N-ethyl adjacent to an activating group) is 1. The van der Waals surface area contributed by atoms with Gasteiger partial charge in [-0.3, -0.25) is 4.79 Å². The van der Waals surface area contributed by atoms with E-state index in [-0.39, 0.29) is 11.7 Å². The quantitative estimate of drug-likeness (QED) is 0.858. The first kappa shape index (κ1) is 16.5. The highest BCUT2D eigenvalue weighted by molar-refractivity contribution is 6.35. The Kier molecular flexibility index (Phi) is 4.74. The van der Waals surface area contributed by atoms with Gasteiger partial charge in [0, 0.05) is 34.6 Å². The van der Waals surface area contributed by atoms with Crippen LogP contribution in [0.5, 0.6) is 0 Å². The van der Waals surface area contributed by atoms with E-state index in [1.165, 1.54) is 0 Å². The lowest BCUT2D eigenvalue weighted by Gasteiger charge is -2.34. The summed E-state index contributed by atoms with van der Waals surface area (Å²) in [7, 11) is 2.03. The fourth-order valence-electron chi connectivity index (χ4n) is 3.25. The summed E-state index contributed by atoms with van der Waals surface area (Å²) in [5, 5.41) is 10.5. The first-order valence-electron chi connectivity index (χ1n) is 7.40. The average Bonchev–Trinajstić information content (AvgIpc) is 2.54. The van der Waals surface area contributed by atoms with Crippen LogP contribution in [0.3, 0.4) is 0 Å². The Labute approximate surface area is 145 Å². The second kappa shape index (κ2) is 6.62. The molecule has 5 heteroatoms. The SMILES string of the molecule is CN1Cc2c(Cl)cc(Cl)cc2C(c2ccccc2C(=O)CO)C1. The third kappa shape index (κ3) is 3.15. The Bertz CT molecular complexity index is 761.